The van der Waals surface area contributed by atoms with Crippen molar-refractivity contribution in [3.63, 3.8) is 0 Å². The van der Waals surface area contributed by atoms with E-state index in [2.05, 4.69) is 5.32 Å². The van der Waals surface area contributed by atoms with Gasteiger partial charge in [-0.3, -0.25) is 14.2 Å². The fourth-order valence-corrected chi connectivity index (χ4v) is 4.39. The van der Waals surface area contributed by atoms with Crippen LogP contribution in [0.25, 0.3) is 21.7 Å². The Balaban J connectivity index is 1.61. The third-order valence-electron chi connectivity index (χ3n) is 5.06. The molecule has 1 N–H and O–H groups in total. The molecular formula is C24H23N3O2S. The summed E-state index contributed by atoms with van der Waals surface area (Å²) in [6.45, 7) is 4.72. The number of aromatic nitrogens is 2. The minimum atomic E-state index is -0.378. The van der Waals surface area contributed by atoms with Gasteiger partial charge in [0.15, 0.2) is 5.16 Å². The van der Waals surface area contributed by atoms with Crippen molar-refractivity contribution in [3.05, 3.63) is 82.6 Å². The van der Waals surface area contributed by atoms with Gasteiger partial charge in [-0.1, -0.05) is 66.4 Å². The molecule has 30 heavy (non-hydrogen) atoms. The Morgan fingerprint density at radius 3 is 2.43 bits per heavy atom. The van der Waals surface area contributed by atoms with E-state index < -0.39 is 0 Å². The number of carbonyl (C=O) groups excluding carboxylic acids is 1. The van der Waals surface area contributed by atoms with Crippen molar-refractivity contribution in [2.75, 3.05) is 0 Å². The third kappa shape index (κ3) is 4.09. The van der Waals surface area contributed by atoms with E-state index in [0.29, 0.717) is 29.1 Å². The molecule has 0 aliphatic carbocycles. The first-order chi connectivity index (χ1) is 14.6. The Hall–Kier alpha value is -3.12. The second kappa shape index (κ2) is 8.71. The molecule has 4 aromatic rings. The maximum Gasteiger partial charge on any atom is 0.262 e. The topological polar surface area (TPSA) is 64.0 Å². The van der Waals surface area contributed by atoms with E-state index in [0.717, 1.165) is 16.3 Å². The van der Waals surface area contributed by atoms with Crippen LogP contribution in [0.2, 0.25) is 0 Å². The van der Waals surface area contributed by atoms with Crippen molar-refractivity contribution in [1.82, 2.24) is 14.9 Å². The van der Waals surface area contributed by atoms with Crippen LogP contribution in [0.5, 0.6) is 0 Å². The van der Waals surface area contributed by atoms with Gasteiger partial charge in [0.25, 0.3) is 5.56 Å². The number of rotatable bonds is 6. The monoisotopic (exact) mass is 417 g/mol. The summed E-state index contributed by atoms with van der Waals surface area (Å²) >= 11 is 1.31. The van der Waals surface area contributed by atoms with Crippen molar-refractivity contribution in [3.8, 4) is 0 Å². The lowest BCUT2D eigenvalue weighted by Crippen LogP contribution is -2.31. The van der Waals surface area contributed by atoms with Crippen LogP contribution in [0.4, 0.5) is 0 Å². The van der Waals surface area contributed by atoms with Crippen LogP contribution in [0.3, 0.4) is 0 Å². The van der Waals surface area contributed by atoms with E-state index in [4.69, 9.17) is 4.98 Å². The smallest absolute Gasteiger partial charge is 0.262 e. The fourth-order valence-electron chi connectivity index (χ4n) is 3.40. The highest BCUT2D eigenvalue weighted by Gasteiger charge is 2.19. The zero-order valence-electron chi connectivity index (χ0n) is 17.0. The number of hydrogen-bond donors (Lipinski definition) is 1. The molecule has 1 heterocycles. The summed E-state index contributed by atoms with van der Waals surface area (Å²) in [5.74, 6) is -0.0839. The lowest BCUT2D eigenvalue weighted by Gasteiger charge is -2.15. The molecule has 1 atom stereocenters. The number of carbonyl (C=O) groups is 1. The summed E-state index contributed by atoms with van der Waals surface area (Å²) in [5, 5.41) is 5.79. The quantitative estimate of drug-likeness (QED) is 0.288. The van der Waals surface area contributed by atoms with Gasteiger partial charge < -0.3 is 5.32 Å². The molecular weight excluding hydrogens is 394 g/mol. The molecule has 0 saturated carbocycles. The standard InChI is InChI=1S/C24H23N3O2S/c1-3-27-23(29)20-13-18-11-7-8-12-19(18)14-21(20)26-24(27)30-16(2)22(28)25-15-17-9-5-4-6-10-17/h4-14,16H,3,15H2,1-2H3,(H,25,28)/t16-/m1/s1. The van der Waals surface area contributed by atoms with Crippen LogP contribution in [-0.4, -0.2) is 20.7 Å². The molecule has 0 unspecified atom stereocenters. The van der Waals surface area contributed by atoms with Crippen LogP contribution in [0.1, 0.15) is 19.4 Å². The first-order valence-electron chi connectivity index (χ1n) is 9.98. The van der Waals surface area contributed by atoms with Crippen LogP contribution in [0.15, 0.2) is 76.7 Å². The average Bonchev–Trinajstić information content (AvgIpc) is 2.77. The molecule has 152 valence electrons. The molecule has 4 rings (SSSR count). The molecule has 0 aliphatic heterocycles. The van der Waals surface area contributed by atoms with Gasteiger partial charge in [-0.05, 0) is 42.3 Å². The number of hydrogen-bond acceptors (Lipinski definition) is 4. The normalized spacial score (nSPS) is 12.2. The van der Waals surface area contributed by atoms with Crippen LogP contribution < -0.4 is 10.9 Å². The zero-order valence-corrected chi connectivity index (χ0v) is 17.8. The second-order valence-electron chi connectivity index (χ2n) is 7.12. The zero-order chi connectivity index (χ0) is 21.1. The number of nitrogens with zero attached hydrogens (tertiary/aromatic N) is 2. The summed E-state index contributed by atoms with van der Waals surface area (Å²) in [6, 6.07) is 21.6. The van der Waals surface area contributed by atoms with Gasteiger partial charge in [-0.15, -0.1) is 0 Å². The molecule has 3 aromatic carbocycles. The van der Waals surface area contributed by atoms with Crippen molar-refractivity contribution in [2.45, 2.75) is 37.3 Å². The number of fused-ring (bicyclic) bond motifs is 2. The third-order valence-corrected chi connectivity index (χ3v) is 6.15. The molecule has 0 spiro atoms. The van der Waals surface area contributed by atoms with Gasteiger partial charge in [-0.25, -0.2) is 4.98 Å². The summed E-state index contributed by atoms with van der Waals surface area (Å²) < 4.78 is 1.64. The molecule has 0 aliphatic rings. The predicted octanol–water partition coefficient (Wildman–Crippen LogP) is 4.37. The van der Waals surface area contributed by atoms with E-state index in [9.17, 15) is 9.59 Å². The maximum atomic E-state index is 13.1. The Bertz CT molecular complexity index is 1270. The molecule has 1 aromatic heterocycles. The summed E-state index contributed by atoms with van der Waals surface area (Å²) in [4.78, 5) is 30.4. The van der Waals surface area contributed by atoms with Gasteiger partial charge in [0.2, 0.25) is 5.91 Å². The summed E-state index contributed by atoms with van der Waals surface area (Å²) in [7, 11) is 0. The first-order valence-corrected chi connectivity index (χ1v) is 10.9. The first kappa shape index (κ1) is 20.2. The van der Waals surface area contributed by atoms with Gasteiger partial charge in [-0.2, -0.15) is 0 Å². The Morgan fingerprint density at radius 2 is 1.73 bits per heavy atom. The van der Waals surface area contributed by atoms with Crippen molar-refractivity contribution < 1.29 is 4.79 Å². The highest BCUT2D eigenvalue weighted by molar-refractivity contribution is 8.00. The molecule has 0 bridgehead atoms. The Morgan fingerprint density at radius 1 is 1.07 bits per heavy atom. The number of benzene rings is 3. The van der Waals surface area contributed by atoms with Crippen LogP contribution in [-0.2, 0) is 17.9 Å². The predicted molar refractivity (Wildman–Crippen MR) is 123 cm³/mol. The van der Waals surface area contributed by atoms with Crippen molar-refractivity contribution in [1.29, 1.82) is 0 Å². The van der Waals surface area contributed by atoms with Crippen molar-refractivity contribution >= 4 is 39.3 Å². The van der Waals surface area contributed by atoms with Crippen molar-refractivity contribution in [2.24, 2.45) is 0 Å². The molecule has 0 radical (unpaired) electrons. The minimum absolute atomic E-state index is 0.0763. The maximum absolute atomic E-state index is 13.1. The average molecular weight is 418 g/mol. The second-order valence-corrected chi connectivity index (χ2v) is 8.43. The molecule has 6 heteroatoms. The number of amides is 1. The fraction of sp³-hybridized carbons (Fsp3) is 0.208. The van der Waals surface area contributed by atoms with E-state index in [1.165, 1.54) is 11.8 Å². The van der Waals surface area contributed by atoms with Gasteiger partial charge in [0, 0.05) is 13.1 Å². The highest BCUT2D eigenvalue weighted by atomic mass is 32.2. The van der Waals surface area contributed by atoms with Crippen LogP contribution >= 0.6 is 11.8 Å². The van der Waals surface area contributed by atoms with Crippen LogP contribution in [0, 0.1) is 0 Å². The largest absolute Gasteiger partial charge is 0.351 e. The van der Waals surface area contributed by atoms with E-state index in [1.807, 2.05) is 80.6 Å². The van der Waals surface area contributed by atoms with Gasteiger partial charge in [0.05, 0.1) is 16.2 Å². The SMILES string of the molecule is CCn1c(S[C@H](C)C(=O)NCc2ccccc2)nc2cc3ccccc3cc2c1=O. The number of nitrogens with one attached hydrogen (secondary N) is 1. The van der Waals surface area contributed by atoms with Gasteiger partial charge >= 0.3 is 0 Å². The minimum Gasteiger partial charge on any atom is -0.351 e. The summed E-state index contributed by atoms with van der Waals surface area (Å²) in [5.41, 5.74) is 1.62. The van der Waals surface area contributed by atoms with E-state index >= 15 is 0 Å². The summed E-state index contributed by atoms with van der Waals surface area (Å²) in [6.07, 6.45) is 0. The van der Waals surface area contributed by atoms with E-state index in [1.54, 1.807) is 4.57 Å². The lowest BCUT2D eigenvalue weighted by atomic mass is 10.1. The Kier molecular flexibility index (Phi) is 5.86. The molecule has 0 fully saturated rings. The molecule has 0 saturated heterocycles. The highest BCUT2D eigenvalue weighted by Crippen LogP contribution is 2.25. The molecule has 5 nitrogen and oxygen atoms in total. The van der Waals surface area contributed by atoms with Gasteiger partial charge in [0.1, 0.15) is 0 Å². The Labute approximate surface area is 179 Å². The molecule has 1 amide bonds. The number of thioether (sulfide) groups is 1. The van der Waals surface area contributed by atoms with E-state index in [-0.39, 0.29) is 16.7 Å². The lowest BCUT2D eigenvalue weighted by molar-refractivity contribution is -0.120.